The Labute approximate surface area is 148 Å². The number of nitrogens with one attached hydrogen (secondary N) is 1. The van der Waals surface area contributed by atoms with Crippen LogP contribution in [0.3, 0.4) is 0 Å². The highest BCUT2D eigenvalue weighted by atomic mass is 16.5. The zero-order valence-corrected chi connectivity index (χ0v) is 15.0. The number of hydrogen-bond acceptors (Lipinski definition) is 6. The molecule has 1 aliphatic heterocycles. The molecule has 0 atom stereocenters. The highest BCUT2D eigenvalue weighted by Crippen LogP contribution is 2.27. The number of hydrogen-bond donors (Lipinski definition) is 1. The fraction of sp³-hybridized carbons (Fsp3) is 0.474. The molecule has 0 amide bonds. The lowest BCUT2D eigenvalue weighted by Crippen LogP contribution is -2.41. The maximum absolute atomic E-state index is 11.4. The molecule has 3 rings (SSSR count). The summed E-state index contributed by atoms with van der Waals surface area (Å²) >= 11 is 0. The summed E-state index contributed by atoms with van der Waals surface area (Å²) in [6.07, 6.45) is 3.67. The zero-order valence-electron chi connectivity index (χ0n) is 15.0. The third-order valence-electron chi connectivity index (χ3n) is 4.63. The molecule has 6 heteroatoms. The van der Waals surface area contributed by atoms with Gasteiger partial charge in [0.25, 0.3) is 0 Å². The van der Waals surface area contributed by atoms with Crippen molar-refractivity contribution in [2.45, 2.75) is 32.7 Å². The van der Waals surface area contributed by atoms with Crippen LogP contribution >= 0.6 is 0 Å². The van der Waals surface area contributed by atoms with Crippen molar-refractivity contribution in [2.75, 3.05) is 32.1 Å². The van der Waals surface area contributed by atoms with Gasteiger partial charge in [0.1, 0.15) is 6.26 Å². The van der Waals surface area contributed by atoms with Crippen LogP contribution < -0.4 is 5.32 Å². The number of carbonyl (C=O) groups is 1. The SMILES string of the molecule is COC(=O)CN1CCC(Nc2ccc(C)c(-c3nc(C)co3)c2)CC1. The molecule has 1 saturated heterocycles. The Morgan fingerprint density at radius 2 is 2.12 bits per heavy atom. The second kappa shape index (κ2) is 7.70. The summed E-state index contributed by atoms with van der Waals surface area (Å²) in [5, 5.41) is 3.60. The van der Waals surface area contributed by atoms with Gasteiger partial charge in [0.15, 0.2) is 0 Å². The Hall–Kier alpha value is -2.34. The molecular weight excluding hydrogens is 318 g/mol. The van der Waals surface area contributed by atoms with E-state index in [4.69, 9.17) is 9.15 Å². The van der Waals surface area contributed by atoms with Crippen molar-refractivity contribution < 1.29 is 13.9 Å². The Balaban J connectivity index is 1.62. The van der Waals surface area contributed by atoms with Gasteiger partial charge in [-0.3, -0.25) is 9.69 Å². The van der Waals surface area contributed by atoms with Crippen LogP contribution in [0.2, 0.25) is 0 Å². The first-order chi connectivity index (χ1) is 12.0. The van der Waals surface area contributed by atoms with Crippen LogP contribution in [0.15, 0.2) is 28.9 Å². The number of esters is 1. The Morgan fingerprint density at radius 3 is 2.76 bits per heavy atom. The Bertz CT molecular complexity index is 733. The minimum atomic E-state index is -0.171. The van der Waals surface area contributed by atoms with E-state index in [1.807, 2.05) is 6.92 Å². The third kappa shape index (κ3) is 4.39. The van der Waals surface area contributed by atoms with Gasteiger partial charge in [-0.05, 0) is 44.4 Å². The quantitative estimate of drug-likeness (QED) is 0.842. The molecule has 1 fully saturated rings. The number of anilines is 1. The first-order valence-corrected chi connectivity index (χ1v) is 8.64. The minimum Gasteiger partial charge on any atom is -0.468 e. The molecule has 1 aromatic carbocycles. The van der Waals surface area contributed by atoms with Crippen LogP contribution in [0, 0.1) is 13.8 Å². The monoisotopic (exact) mass is 343 g/mol. The van der Waals surface area contributed by atoms with E-state index in [9.17, 15) is 4.79 Å². The topological polar surface area (TPSA) is 67.6 Å². The number of rotatable bonds is 5. The molecule has 0 saturated carbocycles. The normalized spacial score (nSPS) is 16.0. The van der Waals surface area contributed by atoms with E-state index in [1.54, 1.807) is 6.26 Å². The van der Waals surface area contributed by atoms with E-state index < -0.39 is 0 Å². The highest BCUT2D eigenvalue weighted by Gasteiger charge is 2.21. The molecule has 1 N–H and O–H groups in total. The number of carbonyl (C=O) groups excluding carboxylic acids is 1. The lowest BCUT2D eigenvalue weighted by molar-refractivity contribution is -0.142. The Morgan fingerprint density at radius 1 is 1.36 bits per heavy atom. The molecular formula is C19H25N3O3. The minimum absolute atomic E-state index is 0.171. The summed E-state index contributed by atoms with van der Waals surface area (Å²) < 4.78 is 10.3. The molecule has 2 heterocycles. The number of likely N-dealkylation sites (tertiary alicyclic amines) is 1. The van der Waals surface area contributed by atoms with Crippen LogP contribution in [0.4, 0.5) is 5.69 Å². The molecule has 6 nitrogen and oxygen atoms in total. The first-order valence-electron chi connectivity index (χ1n) is 8.64. The standard InChI is InChI=1S/C19H25N3O3/c1-13-4-5-16(10-17(13)19-20-14(2)12-25-19)21-15-6-8-22(9-7-15)11-18(23)24-3/h4-5,10,12,15,21H,6-9,11H2,1-3H3. The largest absolute Gasteiger partial charge is 0.468 e. The third-order valence-corrected chi connectivity index (χ3v) is 4.63. The van der Waals surface area contributed by atoms with E-state index in [1.165, 1.54) is 7.11 Å². The molecule has 1 aliphatic rings. The molecule has 1 aromatic heterocycles. The maximum atomic E-state index is 11.4. The van der Waals surface area contributed by atoms with Crippen LogP contribution in [0.25, 0.3) is 11.5 Å². The van der Waals surface area contributed by atoms with Crippen molar-refractivity contribution in [1.29, 1.82) is 0 Å². The molecule has 2 aromatic rings. The highest BCUT2D eigenvalue weighted by molar-refractivity contribution is 5.71. The number of nitrogens with zero attached hydrogens (tertiary/aromatic N) is 2. The molecule has 0 unspecified atom stereocenters. The van der Waals surface area contributed by atoms with Gasteiger partial charge in [0.05, 0.1) is 19.3 Å². The lowest BCUT2D eigenvalue weighted by Gasteiger charge is -2.32. The summed E-state index contributed by atoms with van der Waals surface area (Å²) in [5.41, 5.74) is 4.11. The molecule has 25 heavy (non-hydrogen) atoms. The number of benzene rings is 1. The number of methoxy groups -OCH3 is 1. The lowest BCUT2D eigenvalue weighted by atomic mass is 10.0. The number of piperidine rings is 1. The average molecular weight is 343 g/mol. The summed E-state index contributed by atoms with van der Waals surface area (Å²) in [4.78, 5) is 17.9. The molecule has 134 valence electrons. The number of aromatic nitrogens is 1. The number of aryl methyl sites for hydroxylation is 2. The van der Waals surface area contributed by atoms with Gasteiger partial charge in [-0.2, -0.15) is 0 Å². The van der Waals surface area contributed by atoms with Gasteiger partial charge < -0.3 is 14.5 Å². The van der Waals surface area contributed by atoms with Crippen LogP contribution in [-0.2, 0) is 9.53 Å². The molecule has 0 spiro atoms. The fourth-order valence-electron chi connectivity index (χ4n) is 3.14. The second-order valence-electron chi connectivity index (χ2n) is 6.59. The maximum Gasteiger partial charge on any atom is 0.319 e. The van der Waals surface area contributed by atoms with E-state index in [-0.39, 0.29) is 5.97 Å². The average Bonchev–Trinajstić information content (AvgIpc) is 3.04. The summed E-state index contributed by atoms with van der Waals surface area (Å²) in [5.74, 6) is 0.488. The van der Waals surface area contributed by atoms with Gasteiger partial charge in [-0.15, -0.1) is 0 Å². The van der Waals surface area contributed by atoms with Crippen LogP contribution in [0.1, 0.15) is 24.1 Å². The van der Waals surface area contributed by atoms with Gasteiger partial charge in [0.2, 0.25) is 5.89 Å². The first kappa shape index (κ1) is 17.5. The predicted octanol–water partition coefficient (Wildman–Crippen LogP) is 3.01. The van der Waals surface area contributed by atoms with Crippen molar-refractivity contribution in [1.82, 2.24) is 9.88 Å². The smallest absolute Gasteiger partial charge is 0.319 e. The fourth-order valence-corrected chi connectivity index (χ4v) is 3.14. The Kier molecular flexibility index (Phi) is 5.38. The number of oxazole rings is 1. The van der Waals surface area contributed by atoms with E-state index in [0.29, 0.717) is 18.5 Å². The predicted molar refractivity (Wildman–Crippen MR) is 96.5 cm³/mol. The van der Waals surface area contributed by atoms with E-state index in [0.717, 1.165) is 48.4 Å². The molecule has 0 radical (unpaired) electrons. The zero-order chi connectivity index (χ0) is 17.8. The number of ether oxygens (including phenoxy) is 1. The van der Waals surface area contributed by atoms with Crippen molar-refractivity contribution in [2.24, 2.45) is 0 Å². The molecule has 0 bridgehead atoms. The molecule has 0 aliphatic carbocycles. The van der Waals surface area contributed by atoms with Crippen LogP contribution in [-0.4, -0.2) is 48.6 Å². The van der Waals surface area contributed by atoms with Crippen LogP contribution in [0.5, 0.6) is 0 Å². The van der Waals surface area contributed by atoms with E-state index >= 15 is 0 Å². The van der Waals surface area contributed by atoms with Crippen molar-refractivity contribution >= 4 is 11.7 Å². The van der Waals surface area contributed by atoms with Gasteiger partial charge in [0, 0.05) is 30.4 Å². The summed E-state index contributed by atoms with van der Waals surface area (Å²) in [7, 11) is 1.43. The van der Waals surface area contributed by atoms with Gasteiger partial charge in [-0.25, -0.2) is 4.98 Å². The van der Waals surface area contributed by atoms with Crippen molar-refractivity contribution in [3.05, 3.63) is 35.7 Å². The van der Waals surface area contributed by atoms with Crippen molar-refractivity contribution in [3.63, 3.8) is 0 Å². The van der Waals surface area contributed by atoms with Gasteiger partial charge >= 0.3 is 5.97 Å². The van der Waals surface area contributed by atoms with E-state index in [2.05, 4.69) is 40.3 Å². The summed E-state index contributed by atoms with van der Waals surface area (Å²) in [6.45, 7) is 6.15. The van der Waals surface area contributed by atoms with Crippen molar-refractivity contribution in [3.8, 4) is 11.5 Å². The second-order valence-corrected chi connectivity index (χ2v) is 6.59. The van der Waals surface area contributed by atoms with Gasteiger partial charge in [-0.1, -0.05) is 6.07 Å². The summed E-state index contributed by atoms with van der Waals surface area (Å²) in [6, 6.07) is 6.68.